The summed E-state index contributed by atoms with van der Waals surface area (Å²) in [6, 6.07) is -0.225. The number of hydrazine groups is 1. The van der Waals surface area contributed by atoms with E-state index in [0.717, 1.165) is 18.0 Å². The van der Waals surface area contributed by atoms with Crippen LogP contribution in [0.5, 0.6) is 0 Å². The summed E-state index contributed by atoms with van der Waals surface area (Å²) in [5.74, 6) is 5.05. The van der Waals surface area contributed by atoms with E-state index in [1.807, 2.05) is 6.92 Å². The summed E-state index contributed by atoms with van der Waals surface area (Å²) in [6.07, 6.45) is 1.59. The van der Waals surface area contributed by atoms with Crippen molar-refractivity contribution in [1.82, 2.24) is 10.3 Å². The highest BCUT2D eigenvalue weighted by Crippen LogP contribution is 2.28. The van der Waals surface area contributed by atoms with Crippen LogP contribution in [-0.2, 0) is 9.36 Å². The van der Waals surface area contributed by atoms with Crippen LogP contribution in [0.1, 0.15) is 19.8 Å². The molecule has 1 fully saturated rings. The molecule has 0 bridgehead atoms. The zero-order chi connectivity index (χ0) is 11.5. The summed E-state index contributed by atoms with van der Waals surface area (Å²) in [7, 11) is -1.39. The van der Waals surface area contributed by atoms with Gasteiger partial charge in [0.2, 0.25) is 0 Å². The fourth-order valence-electron chi connectivity index (χ4n) is 1.73. The summed E-state index contributed by atoms with van der Waals surface area (Å²) < 4.78 is 11.2. The van der Waals surface area contributed by atoms with E-state index >= 15 is 0 Å². The Bertz CT molecular complexity index is 261. The molecule has 1 heterocycles. The monoisotopic (exact) mass is 234 g/mol. The minimum atomic E-state index is -1.39. The molecular weight excluding hydrogens is 215 g/mol. The largest absolute Gasteiger partial charge is 0.328 e. The second-order valence-electron chi connectivity index (χ2n) is 3.84. The molecule has 0 radical (unpaired) electrons. The van der Waals surface area contributed by atoms with Gasteiger partial charge >= 0.3 is 0 Å². The molecule has 0 aromatic heterocycles. The van der Waals surface area contributed by atoms with Gasteiger partial charge in [0.15, 0.2) is 5.28 Å². The fourth-order valence-corrected chi connectivity index (χ4v) is 2.44. The molecule has 6 nitrogen and oxygen atoms in total. The van der Waals surface area contributed by atoms with Crippen LogP contribution in [0, 0.1) is 0 Å². The maximum atomic E-state index is 11.7. The van der Waals surface area contributed by atoms with Gasteiger partial charge in [0.25, 0.3) is 5.91 Å². The second-order valence-corrected chi connectivity index (χ2v) is 5.04. The third-order valence-electron chi connectivity index (χ3n) is 2.70. The number of hydrogen-bond donors (Lipinski definition) is 3. The van der Waals surface area contributed by atoms with Crippen LogP contribution in [-0.4, -0.2) is 35.3 Å². The number of nitrogens with zero attached hydrogens (tertiary/aromatic N) is 1. The maximum Gasteiger partial charge on any atom is 0.265 e. The number of carbonyl (C=O) groups excluding carboxylic acids is 1. The molecule has 1 saturated heterocycles. The van der Waals surface area contributed by atoms with Crippen molar-refractivity contribution in [1.29, 1.82) is 0 Å². The predicted molar refractivity (Wildman–Crippen MR) is 59.9 cm³/mol. The number of carbonyl (C=O) groups is 1. The quantitative estimate of drug-likeness (QED) is 0.324. The molecule has 1 amide bonds. The van der Waals surface area contributed by atoms with E-state index in [1.165, 1.54) is 0 Å². The van der Waals surface area contributed by atoms with Gasteiger partial charge in [-0.05, 0) is 19.4 Å². The highest BCUT2D eigenvalue weighted by atomic mass is 31.1. The van der Waals surface area contributed by atoms with Gasteiger partial charge in [-0.2, -0.15) is 0 Å². The molecule has 5 N–H and O–H groups in total. The van der Waals surface area contributed by atoms with Crippen molar-refractivity contribution in [2.75, 3.05) is 13.1 Å². The predicted octanol–water partition coefficient (Wildman–Crippen LogP) is -1.13. The van der Waals surface area contributed by atoms with E-state index in [9.17, 15) is 9.36 Å². The molecular formula is C8H19N4O2P. The molecule has 0 saturated carbocycles. The van der Waals surface area contributed by atoms with Crippen molar-refractivity contribution in [3.63, 3.8) is 0 Å². The lowest BCUT2D eigenvalue weighted by atomic mass is 9.99. The third-order valence-corrected chi connectivity index (χ3v) is 3.74. The molecule has 15 heavy (non-hydrogen) atoms. The normalized spacial score (nSPS) is 32.9. The average molecular weight is 234 g/mol. The number of nitrogens with one attached hydrogen (secondary N) is 1. The van der Waals surface area contributed by atoms with E-state index in [4.69, 9.17) is 11.6 Å². The van der Waals surface area contributed by atoms with E-state index in [-0.39, 0.29) is 6.04 Å². The highest BCUT2D eigenvalue weighted by molar-refractivity contribution is 7.27. The lowest BCUT2D eigenvalue weighted by Gasteiger charge is -2.40. The lowest BCUT2D eigenvalue weighted by molar-refractivity contribution is -0.137. The van der Waals surface area contributed by atoms with Gasteiger partial charge in [0.1, 0.15) is 0 Å². The number of rotatable bonds is 4. The van der Waals surface area contributed by atoms with Gasteiger partial charge in [0.05, 0.1) is 8.46 Å². The smallest absolute Gasteiger partial charge is 0.265 e. The maximum absolute atomic E-state index is 11.7. The van der Waals surface area contributed by atoms with Crippen LogP contribution in [0.2, 0.25) is 0 Å². The number of nitrogens with two attached hydrogens (primary N) is 2. The van der Waals surface area contributed by atoms with Crippen molar-refractivity contribution in [2.24, 2.45) is 11.6 Å². The van der Waals surface area contributed by atoms with Crippen molar-refractivity contribution >= 4 is 14.4 Å². The summed E-state index contributed by atoms with van der Waals surface area (Å²) in [5.41, 5.74) is 5.87. The first kappa shape index (κ1) is 12.6. The molecule has 1 aliphatic heterocycles. The van der Waals surface area contributed by atoms with Crippen molar-refractivity contribution < 1.29 is 9.36 Å². The number of hydrogen-bond acceptors (Lipinski definition) is 5. The molecule has 3 atom stereocenters. The molecule has 0 aliphatic carbocycles. The zero-order valence-electron chi connectivity index (χ0n) is 8.90. The van der Waals surface area contributed by atoms with E-state index in [2.05, 4.69) is 5.32 Å². The zero-order valence-corrected chi connectivity index (χ0v) is 10.1. The topological polar surface area (TPSA) is 101 Å². The van der Waals surface area contributed by atoms with Gasteiger partial charge in [-0.3, -0.25) is 9.80 Å². The first-order chi connectivity index (χ1) is 7.06. The molecule has 1 rings (SSSR count). The molecule has 2 unspecified atom stereocenters. The standard InChI is InChI=1S/C8H19N4O2P/c1-2-4-11-6-3-5-12(10)7(13)8(6,9)15-14/h6,11H,2-5,9-10,15H2,1H3/t6?,8-/m0/s1. The minimum absolute atomic E-state index is 0.225. The van der Waals surface area contributed by atoms with Crippen LogP contribution in [0.15, 0.2) is 0 Å². The summed E-state index contributed by atoms with van der Waals surface area (Å²) >= 11 is 0. The molecule has 0 aromatic carbocycles. The van der Waals surface area contributed by atoms with Gasteiger partial charge in [-0.25, -0.2) is 5.84 Å². The van der Waals surface area contributed by atoms with Gasteiger partial charge in [-0.1, -0.05) is 6.92 Å². The SMILES string of the molecule is CCCNC1CCN(N)C(=O)[C@@]1(N)[PH2]=O. The van der Waals surface area contributed by atoms with Crippen LogP contribution in [0.3, 0.4) is 0 Å². The Morgan fingerprint density at radius 1 is 1.73 bits per heavy atom. The van der Waals surface area contributed by atoms with Gasteiger partial charge in [-0.15, -0.1) is 0 Å². The summed E-state index contributed by atoms with van der Waals surface area (Å²) in [5, 5.41) is 2.92. The van der Waals surface area contributed by atoms with E-state index < -0.39 is 19.6 Å². The average Bonchev–Trinajstić information content (AvgIpc) is 2.25. The second kappa shape index (κ2) is 5.07. The fraction of sp³-hybridized carbons (Fsp3) is 0.875. The Balaban J connectivity index is 2.78. The summed E-state index contributed by atoms with van der Waals surface area (Å²) in [6.45, 7) is 3.24. The number of piperidine rings is 1. The molecule has 1 aliphatic rings. The summed E-state index contributed by atoms with van der Waals surface area (Å²) in [4.78, 5) is 11.7. The molecule has 0 spiro atoms. The van der Waals surface area contributed by atoms with Crippen LogP contribution < -0.4 is 16.9 Å². The first-order valence-corrected chi connectivity index (χ1v) is 6.16. The third kappa shape index (κ3) is 2.39. The van der Waals surface area contributed by atoms with Gasteiger partial charge in [0, 0.05) is 12.6 Å². The Hall–Kier alpha value is -0.420. The minimum Gasteiger partial charge on any atom is -0.328 e. The highest BCUT2D eigenvalue weighted by Gasteiger charge is 2.46. The van der Waals surface area contributed by atoms with Crippen molar-refractivity contribution in [2.45, 2.75) is 31.1 Å². The van der Waals surface area contributed by atoms with E-state index in [1.54, 1.807) is 0 Å². The Morgan fingerprint density at radius 3 is 2.93 bits per heavy atom. The van der Waals surface area contributed by atoms with Crippen LogP contribution in [0.4, 0.5) is 0 Å². The van der Waals surface area contributed by atoms with Gasteiger partial charge < -0.3 is 15.6 Å². The van der Waals surface area contributed by atoms with Crippen LogP contribution >= 0.6 is 8.46 Å². The lowest BCUT2D eigenvalue weighted by Crippen LogP contribution is -2.68. The van der Waals surface area contributed by atoms with Crippen molar-refractivity contribution in [3.05, 3.63) is 0 Å². The Kier molecular flexibility index (Phi) is 4.28. The molecule has 0 aromatic rings. The van der Waals surface area contributed by atoms with Crippen molar-refractivity contribution in [3.8, 4) is 0 Å². The van der Waals surface area contributed by atoms with Crippen LogP contribution in [0.25, 0.3) is 0 Å². The molecule has 7 heteroatoms. The number of amides is 1. The first-order valence-electron chi connectivity index (χ1n) is 5.11. The Morgan fingerprint density at radius 2 is 2.40 bits per heavy atom. The Labute approximate surface area is 90.5 Å². The molecule has 88 valence electrons. The van der Waals surface area contributed by atoms with E-state index in [0.29, 0.717) is 13.0 Å².